The molecule has 2 aromatic carbocycles. The lowest BCUT2D eigenvalue weighted by Gasteiger charge is -2.10. The molecule has 1 aromatic heterocycles. The van der Waals surface area contributed by atoms with Crippen molar-refractivity contribution in [3.63, 3.8) is 0 Å². The number of hydrogen-bond acceptors (Lipinski definition) is 5. The lowest BCUT2D eigenvalue weighted by atomic mass is 10.1. The fourth-order valence-corrected chi connectivity index (χ4v) is 2.98. The lowest BCUT2D eigenvalue weighted by Crippen LogP contribution is -2.12. The molecule has 6 heteroatoms. The molecule has 1 amide bonds. The van der Waals surface area contributed by atoms with Crippen molar-refractivity contribution in [1.29, 1.82) is 0 Å². The Hall–Kier alpha value is -3.54. The first kappa shape index (κ1) is 16.9. The van der Waals surface area contributed by atoms with Crippen molar-refractivity contribution in [2.24, 2.45) is 0 Å². The van der Waals surface area contributed by atoms with Crippen LogP contribution in [0.5, 0.6) is 11.5 Å². The van der Waals surface area contributed by atoms with Crippen molar-refractivity contribution in [2.75, 3.05) is 17.4 Å². The van der Waals surface area contributed by atoms with Crippen LogP contribution in [0, 0.1) is 13.8 Å². The van der Waals surface area contributed by atoms with Crippen LogP contribution < -0.4 is 20.1 Å². The number of anilines is 3. The molecule has 0 atom stereocenters. The number of rotatable bonds is 4. The fraction of sp³-hybridized carbons (Fsp3) is 0.143. The topological polar surface area (TPSA) is 72.5 Å². The van der Waals surface area contributed by atoms with Gasteiger partial charge in [-0.05, 0) is 67.4 Å². The Labute approximate surface area is 157 Å². The first-order valence-electron chi connectivity index (χ1n) is 8.59. The summed E-state index contributed by atoms with van der Waals surface area (Å²) in [5, 5.41) is 6.10. The lowest BCUT2D eigenvalue weighted by molar-refractivity contribution is 0.102. The van der Waals surface area contributed by atoms with Gasteiger partial charge in [0, 0.05) is 11.3 Å². The number of amides is 1. The predicted octanol–water partition coefficient (Wildman–Crippen LogP) is 4.42. The number of pyridine rings is 1. The van der Waals surface area contributed by atoms with E-state index in [2.05, 4.69) is 47.7 Å². The Morgan fingerprint density at radius 2 is 1.70 bits per heavy atom. The molecule has 6 nitrogen and oxygen atoms in total. The van der Waals surface area contributed by atoms with E-state index in [9.17, 15) is 4.79 Å². The Kier molecular flexibility index (Phi) is 4.38. The van der Waals surface area contributed by atoms with E-state index in [1.54, 1.807) is 30.5 Å². The van der Waals surface area contributed by atoms with Crippen LogP contribution in [0.1, 0.15) is 21.5 Å². The number of nitrogens with zero attached hydrogens (tertiary/aromatic N) is 1. The SMILES string of the molecule is Cc1cc(C)cc(Nc2ccc(NC(=O)c3ccc4c(c3)OCO4)nc2)c1. The van der Waals surface area contributed by atoms with E-state index in [1.165, 1.54) is 11.1 Å². The minimum atomic E-state index is -0.254. The van der Waals surface area contributed by atoms with Crippen LogP contribution in [0.3, 0.4) is 0 Å². The molecule has 0 unspecified atom stereocenters. The van der Waals surface area contributed by atoms with Crippen LogP contribution in [-0.2, 0) is 0 Å². The molecular weight excluding hydrogens is 342 g/mol. The molecule has 27 heavy (non-hydrogen) atoms. The maximum Gasteiger partial charge on any atom is 0.256 e. The Morgan fingerprint density at radius 1 is 0.926 bits per heavy atom. The molecular formula is C21H19N3O3. The van der Waals surface area contributed by atoms with Gasteiger partial charge >= 0.3 is 0 Å². The van der Waals surface area contributed by atoms with Crippen LogP contribution in [0.25, 0.3) is 0 Å². The van der Waals surface area contributed by atoms with Crippen molar-refractivity contribution in [3.05, 3.63) is 71.4 Å². The van der Waals surface area contributed by atoms with Crippen LogP contribution in [-0.4, -0.2) is 17.7 Å². The number of carbonyl (C=O) groups excluding carboxylic acids is 1. The van der Waals surface area contributed by atoms with Gasteiger partial charge in [-0.3, -0.25) is 4.79 Å². The molecule has 0 spiro atoms. The summed E-state index contributed by atoms with van der Waals surface area (Å²) in [5.74, 6) is 1.44. The summed E-state index contributed by atoms with van der Waals surface area (Å²) in [6, 6.07) is 15.0. The zero-order chi connectivity index (χ0) is 18.8. The van der Waals surface area contributed by atoms with E-state index in [-0.39, 0.29) is 12.7 Å². The summed E-state index contributed by atoms with van der Waals surface area (Å²) in [5.41, 5.74) is 4.72. The Bertz CT molecular complexity index is 980. The van der Waals surface area contributed by atoms with Gasteiger partial charge in [0.25, 0.3) is 5.91 Å². The second-order valence-electron chi connectivity index (χ2n) is 6.46. The molecule has 136 valence electrons. The average molecular weight is 361 g/mol. The van der Waals surface area contributed by atoms with E-state index in [4.69, 9.17) is 9.47 Å². The molecule has 0 aliphatic carbocycles. The van der Waals surface area contributed by atoms with E-state index in [1.807, 2.05) is 6.07 Å². The van der Waals surface area contributed by atoms with E-state index in [0.29, 0.717) is 22.9 Å². The smallest absolute Gasteiger partial charge is 0.256 e. The number of hydrogen-bond donors (Lipinski definition) is 2. The second kappa shape index (κ2) is 6.99. The van der Waals surface area contributed by atoms with Crippen molar-refractivity contribution in [2.45, 2.75) is 13.8 Å². The third kappa shape index (κ3) is 3.84. The maximum absolute atomic E-state index is 12.4. The van der Waals surface area contributed by atoms with Crippen molar-refractivity contribution in [3.8, 4) is 11.5 Å². The summed E-state index contributed by atoms with van der Waals surface area (Å²) in [6.07, 6.45) is 1.69. The number of aromatic nitrogens is 1. The van der Waals surface area contributed by atoms with Crippen LogP contribution >= 0.6 is 0 Å². The zero-order valence-electron chi connectivity index (χ0n) is 15.1. The molecule has 1 aliphatic heterocycles. The number of fused-ring (bicyclic) bond motifs is 1. The van der Waals surface area contributed by atoms with E-state index in [0.717, 1.165) is 11.4 Å². The van der Waals surface area contributed by atoms with Gasteiger partial charge in [0.2, 0.25) is 6.79 Å². The van der Waals surface area contributed by atoms with E-state index < -0.39 is 0 Å². The maximum atomic E-state index is 12.4. The summed E-state index contributed by atoms with van der Waals surface area (Å²) in [6.45, 7) is 4.30. The number of benzene rings is 2. The molecule has 4 rings (SSSR count). The van der Waals surface area contributed by atoms with Crippen LogP contribution in [0.15, 0.2) is 54.7 Å². The zero-order valence-corrected chi connectivity index (χ0v) is 15.1. The van der Waals surface area contributed by atoms with Gasteiger partial charge in [-0.15, -0.1) is 0 Å². The largest absolute Gasteiger partial charge is 0.454 e. The predicted molar refractivity (Wildman–Crippen MR) is 104 cm³/mol. The van der Waals surface area contributed by atoms with Gasteiger partial charge in [-0.2, -0.15) is 0 Å². The highest BCUT2D eigenvalue weighted by Crippen LogP contribution is 2.32. The van der Waals surface area contributed by atoms with Gasteiger partial charge < -0.3 is 20.1 Å². The normalized spacial score (nSPS) is 11.9. The fourth-order valence-electron chi connectivity index (χ4n) is 2.98. The molecule has 0 bridgehead atoms. The molecule has 0 radical (unpaired) electrons. The highest BCUT2D eigenvalue weighted by molar-refractivity contribution is 6.04. The van der Waals surface area contributed by atoms with Crippen molar-refractivity contribution in [1.82, 2.24) is 4.98 Å². The molecule has 2 N–H and O–H groups in total. The van der Waals surface area contributed by atoms with Gasteiger partial charge in [0.1, 0.15) is 5.82 Å². The van der Waals surface area contributed by atoms with Gasteiger partial charge in [0.15, 0.2) is 11.5 Å². The summed E-state index contributed by atoms with van der Waals surface area (Å²) in [4.78, 5) is 16.7. The first-order chi connectivity index (χ1) is 13.1. The van der Waals surface area contributed by atoms with Gasteiger partial charge in [-0.25, -0.2) is 4.98 Å². The minimum Gasteiger partial charge on any atom is -0.454 e. The summed E-state index contributed by atoms with van der Waals surface area (Å²) in [7, 11) is 0. The molecule has 1 aliphatic rings. The molecule has 2 heterocycles. The highest BCUT2D eigenvalue weighted by Gasteiger charge is 2.16. The van der Waals surface area contributed by atoms with Crippen LogP contribution in [0.2, 0.25) is 0 Å². The number of ether oxygens (including phenoxy) is 2. The van der Waals surface area contributed by atoms with Crippen LogP contribution in [0.4, 0.5) is 17.2 Å². The summed E-state index contributed by atoms with van der Waals surface area (Å²) >= 11 is 0. The monoisotopic (exact) mass is 361 g/mol. The third-order valence-electron chi connectivity index (χ3n) is 4.15. The van der Waals surface area contributed by atoms with Gasteiger partial charge in [-0.1, -0.05) is 6.07 Å². The standard InChI is InChI=1S/C21H19N3O3/c1-13-7-14(2)9-17(8-13)23-16-4-6-20(22-11-16)24-21(25)15-3-5-18-19(10-15)27-12-26-18/h3-11,23H,12H2,1-2H3,(H,22,24,25). The van der Waals surface area contributed by atoms with Crippen molar-refractivity contribution < 1.29 is 14.3 Å². The molecule has 3 aromatic rings. The number of carbonyl (C=O) groups is 1. The second-order valence-corrected chi connectivity index (χ2v) is 6.46. The number of nitrogens with one attached hydrogen (secondary N) is 2. The molecule has 0 saturated heterocycles. The van der Waals surface area contributed by atoms with E-state index >= 15 is 0 Å². The van der Waals surface area contributed by atoms with Gasteiger partial charge in [0.05, 0.1) is 11.9 Å². The first-order valence-corrected chi connectivity index (χ1v) is 8.59. The average Bonchev–Trinajstić information content (AvgIpc) is 3.10. The Balaban J connectivity index is 1.43. The quantitative estimate of drug-likeness (QED) is 0.719. The third-order valence-corrected chi connectivity index (χ3v) is 4.15. The number of aryl methyl sites for hydroxylation is 2. The molecule has 0 fully saturated rings. The molecule has 0 saturated carbocycles. The minimum absolute atomic E-state index is 0.177. The van der Waals surface area contributed by atoms with Crippen molar-refractivity contribution >= 4 is 23.1 Å². The Morgan fingerprint density at radius 3 is 2.44 bits per heavy atom. The highest BCUT2D eigenvalue weighted by atomic mass is 16.7. The summed E-state index contributed by atoms with van der Waals surface area (Å²) < 4.78 is 10.6.